The van der Waals surface area contributed by atoms with Crippen LogP contribution in [0.15, 0.2) is 36.5 Å². The van der Waals surface area contributed by atoms with Crippen LogP contribution in [0, 0.1) is 25.2 Å². The zero-order valence-electron chi connectivity index (χ0n) is 17.1. The van der Waals surface area contributed by atoms with Crippen molar-refractivity contribution in [2.75, 3.05) is 29.5 Å². The molecule has 2 aromatic carbocycles. The molecule has 2 aliphatic heterocycles. The molecule has 1 aromatic heterocycles. The fraction of sp³-hybridized carbons (Fsp3) is 0.292. The molecule has 0 bridgehead atoms. The van der Waals surface area contributed by atoms with Crippen LogP contribution >= 0.6 is 0 Å². The number of hydrogen-bond acceptors (Lipinski definition) is 5. The third-order valence-corrected chi connectivity index (χ3v) is 6.01. The summed E-state index contributed by atoms with van der Waals surface area (Å²) in [5, 5.41) is 10.8. The summed E-state index contributed by atoms with van der Waals surface area (Å²) in [5.41, 5.74) is 8.07. The third kappa shape index (κ3) is 2.86. The normalized spacial score (nSPS) is 15.8. The number of ether oxygens (including phenoxy) is 1. The Morgan fingerprint density at radius 3 is 2.83 bits per heavy atom. The van der Waals surface area contributed by atoms with Crippen molar-refractivity contribution in [1.29, 1.82) is 5.26 Å². The van der Waals surface area contributed by atoms with Gasteiger partial charge in [-0.1, -0.05) is 23.8 Å². The molecule has 0 aliphatic carbocycles. The van der Waals surface area contributed by atoms with Crippen LogP contribution in [0.2, 0.25) is 0 Å². The molecule has 6 nitrogen and oxygen atoms in total. The minimum Gasteiger partial charge on any atom is -0.447 e. The highest BCUT2D eigenvalue weighted by atomic mass is 16.6. The van der Waals surface area contributed by atoms with Crippen molar-refractivity contribution in [2.24, 2.45) is 0 Å². The van der Waals surface area contributed by atoms with Gasteiger partial charge in [0.2, 0.25) is 0 Å². The van der Waals surface area contributed by atoms with Gasteiger partial charge in [0.1, 0.15) is 12.7 Å². The SMILES string of the molecule is Cc1cc(C)c2ncc(C#N)c(N3CCc4c(cccc4N4CCOC4=O)C3)c2c1. The molecule has 150 valence electrons. The molecule has 5 rings (SSSR count). The maximum atomic E-state index is 12.1. The number of pyridine rings is 1. The van der Waals surface area contributed by atoms with Crippen LogP contribution in [-0.2, 0) is 17.7 Å². The summed E-state index contributed by atoms with van der Waals surface area (Å²) < 4.78 is 5.14. The van der Waals surface area contributed by atoms with Crippen molar-refractivity contribution >= 4 is 28.4 Å². The molecule has 1 amide bonds. The van der Waals surface area contributed by atoms with E-state index in [1.54, 1.807) is 11.1 Å². The van der Waals surface area contributed by atoms with Crippen LogP contribution in [0.5, 0.6) is 0 Å². The number of cyclic esters (lactones) is 1. The van der Waals surface area contributed by atoms with Gasteiger partial charge < -0.3 is 9.64 Å². The molecular formula is C24H22N4O2. The van der Waals surface area contributed by atoms with Crippen LogP contribution in [0.1, 0.15) is 27.8 Å². The van der Waals surface area contributed by atoms with Gasteiger partial charge >= 0.3 is 6.09 Å². The molecule has 0 unspecified atom stereocenters. The van der Waals surface area contributed by atoms with Gasteiger partial charge in [-0.2, -0.15) is 5.26 Å². The highest BCUT2D eigenvalue weighted by Crippen LogP contribution is 2.37. The number of rotatable bonds is 2. The Kier molecular flexibility index (Phi) is 4.32. The molecule has 0 spiro atoms. The molecule has 0 saturated carbocycles. The first-order chi connectivity index (χ1) is 14.6. The molecule has 3 heterocycles. The van der Waals surface area contributed by atoms with E-state index in [1.807, 2.05) is 12.1 Å². The number of amides is 1. The number of hydrogen-bond donors (Lipinski definition) is 0. The van der Waals surface area contributed by atoms with E-state index in [2.05, 4.69) is 48.0 Å². The van der Waals surface area contributed by atoms with Crippen LogP contribution < -0.4 is 9.80 Å². The third-order valence-electron chi connectivity index (χ3n) is 6.01. The smallest absolute Gasteiger partial charge is 0.414 e. The first-order valence-electron chi connectivity index (χ1n) is 10.2. The largest absolute Gasteiger partial charge is 0.447 e. The highest BCUT2D eigenvalue weighted by molar-refractivity contribution is 5.97. The maximum Gasteiger partial charge on any atom is 0.414 e. The molecular weight excluding hydrogens is 376 g/mol. The number of anilines is 2. The van der Waals surface area contributed by atoms with E-state index < -0.39 is 0 Å². The van der Waals surface area contributed by atoms with Crippen LogP contribution in [0.4, 0.5) is 16.2 Å². The number of carbonyl (C=O) groups excluding carboxylic acids is 1. The Morgan fingerprint density at radius 2 is 2.07 bits per heavy atom. The summed E-state index contributed by atoms with van der Waals surface area (Å²) in [6.07, 6.45) is 2.21. The lowest BCUT2D eigenvalue weighted by Crippen LogP contribution is -2.33. The number of aryl methyl sites for hydroxylation is 2. The Labute approximate surface area is 175 Å². The fourth-order valence-electron chi connectivity index (χ4n) is 4.71. The zero-order chi connectivity index (χ0) is 20.8. The molecule has 6 heteroatoms. The van der Waals surface area contributed by atoms with Gasteiger partial charge in [0.05, 0.1) is 29.0 Å². The van der Waals surface area contributed by atoms with Crippen LogP contribution in [0.3, 0.4) is 0 Å². The van der Waals surface area contributed by atoms with Crippen LogP contribution in [0.25, 0.3) is 10.9 Å². The second-order valence-corrected chi connectivity index (χ2v) is 7.96. The summed E-state index contributed by atoms with van der Waals surface area (Å²) in [4.78, 5) is 20.6. The van der Waals surface area contributed by atoms with E-state index in [9.17, 15) is 10.1 Å². The van der Waals surface area contributed by atoms with Crippen molar-refractivity contribution in [3.63, 3.8) is 0 Å². The number of nitriles is 1. The van der Waals surface area contributed by atoms with Crippen molar-refractivity contribution in [2.45, 2.75) is 26.8 Å². The predicted molar refractivity (Wildman–Crippen MR) is 116 cm³/mol. The van der Waals surface area contributed by atoms with Crippen molar-refractivity contribution in [3.05, 3.63) is 64.3 Å². The Morgan fingerprint density at radius 1 is 1.20 bits per heavy atom. The first kappa shape index (κ1) is 18.4. The summed E-state index contributed by atoms with van der Waals surface area (Å²) in [5.74, 6) is 0. The monoisotopic (exact) mass is 398 g/mol. The Balaban J connectivity index is 1.60. The molecule has 30 heavy (non-hydrogen) atoms. The minimum absolute atomic E-state index is 0.274. The summed E-state index contributed by atoms with van der Waals surface area (Å²) in [6.45, 7) is 6.61. The Bertz CT molecular complexity index is 1230. The zero-order valence-corrected chi connectivity index (χ0v) is 17.1. The molecule has 3 aromatic rings. The van der Waals surface area contributed by atoms with Gasteiger partial charge in [0, 0.05) is 24.7 Å². The van der Waals surface area contributed by atoms with Gasteiger partial charge in [-0.25, -0.2) is 4.79 Å². The summed E-state index contributed by atoms with van der Waals surface area (Å²) in [6, 6.07) is 12.7. The van der Waals surface area contributed by atoms with E-state index in [0.29, 0.717) is 25.3 Å². The van der Waals surface area contributed by atoms with Gasteiger partial charge in [-0.15, -0.1) is 0 Å². The highest BCUT2D eigenvalue weighted by Gasteiger charge is 2.29. The molecule has 1 fully saturated rings. The number of aromatic nitrogens is 1. The molecule has 0 atom stereocenters. The predicted octanol–water partition coefficient (Wildman–Crippen LogP) is 4.24. The van der Waals surface area contributed by atoms with Gasteiger partial charge in [0.25, 0.3) is 0 Å². The van der Waals surface area contributed by atoms with Gasteiger partial charge in [-0.3, -0.25) is 9.88 Å². The number of benzene rings is 2. The molecule has 1 saturated heterocycles. The average Bonchev–Trinajstić information content (AvgIpc) is 3.17. The van der Waals surface area contributed by atoms with E-state index in [1.165, 1.54) is 11.1 Å². The average molecular weight is 398 g/mol. The van der Waals surface area contributed by atoms with Crippen LogP contribution in [-0.4, -0.2) is 30.8 Å². The number of fused-ring (bicyclic) bond motifs is 2. The van der Waals surface area contributed by atoms with E-state index in [0.717, 1.165) is 46.4 Å². The van der Waals surface area contributed by atoms with Gasteiger partial charge in [-0.05, 0) is 49.1 Å². The van der Waals surface area contributed by atoms with Gasteiger partial charge in [0.15, 0.2) is 0 Å². The number of nitrogens with zero attached hydrogens (tertiary/aromatic N) is 4. The molecule has 0 radical (unpaired) electrons. The number of carbonyl (C=O) groups is 1. The lowest BCUT2D eigenvalue weighted by molar-refractivity contribution is 0.181. The first-order valence-corrected chi connectivity index (χ1v) is 10.2. The topological polar surface area (TPSA) is 69.5 Å². The second kappa shape index (κ2) is 7.03. The van der Waals surface area contributed by atoms with E-state index >= 15 is 0 Å². The summed E-state index contributed by atoms with van der Waals surface area (Å²) >= 11 is 0. The fourth-order valence-corrected chi connectivity index (χ4v) is 4.71. The van der Waals surface area contributed by atoms with E-state index in [-0.39, 0.29) is 6.09 Å². The lowest BCUT2D eigenvalue weighted by atomic mass is 9.95. The van der Waals surface area contributed by atoms with E-state index in [4.69, 9.17) is 4.74 Å². The lowest BCUT2D eigenvalue weighted by Gasteiger charge is -2.34. The molecule has 2 aliphatic rings. The quantitative estimate of drug-likeness (QED) is 0.646. The standard InChI is InChI=1S/C24H22N4O2/c1-15-10-16(2)22-20(11-15)23(18(12-25)13-26-22)27-7-6-19-17(14-27)4-3-5-21(19)28-8-9-30-24(28)29/h3-5,10-11,13H,6-9,14H2,1-2H3. The van der Waals surface area contributed by atoms with Crippen molar-refractivity contribution < 1.29 is 9.53 Å². The summed E-state index contributed by atoms with van der Waals surface area (Å²) in [7, 11) is 0. The van der Waals surface area contributed by atoms with Crippen molar-refractivity contribution in [1.82, 2.24) is 4.98 Å². The van der Waals surface area contributed by atoms with Crippen molar-refractivity contribution in [3.8, 4) is 6.07 Å². The second-order valence-electron chi connectivity index (χ2n) is 7.96. The minimum atomic E-state index is -0.274. The maximum absolute atomic E-state index is 12.1. The molecule has 0 N–H and O–H groups in total. The Hall–Kier alpha value is -3.59.